The first-order valence-electron chi connectivity index (χ1n) is 7.74. The number of carbonyl (C=O) groups is 1. The lowest BCUT2D eigenvalue weighted by molar-refractivity contribution is -0.113. The van der Waals surface area contributed by atoms with Gasteiger partial charge in [-0.3, -0.25) is 9.59 Å². The van der Waals surface area contributed by atoms with Crippen LogP contribution in [0, 0.1) is 6.92 Å². The van der Waals surface area contributed by atoms with Crippen molar-refractivity contribution in [3.63, 3.8) is 0 Å². The lowest BCUT2D eigenvalue weighted by Gasteiger charge is -2.02. The Bertz CT molecular complexity index is 958. The summed E-state index contributed by atoms with van der Waals surface area (Å²) >= 11 is 4.36. The van der Waals surface area contributed by atoms with Gasteiger partial charge in [-0.1, -0.05) is 13.8 Å². The van der Waals surface area contributed by atoms with Gasteiger partial charge in [0, 0.05) is 10.3 Å². The third kappa shape index (κ3) is 4.47. The van der Waals surface area contributed by atoms with E-state index >= 15 is 0 Å². The van der Waals surface area contributed by atoms with Gasteiger partial charge in [-0.15, -0.1) is 34.4 Å². The fourth-order valence-electron chi connectivity index (χ4n) is 2.15. The Morgan fingerprint density at radius 3 is 2.88 bits per heavy atom. The number of carbonyl (C=O) groups excluding carboxylic acids is 1. The van der Waals surface area contributed by atoms with Gasteiger partial charge in [-0.25, -0.2) is 9.97 Å². The first-order valence-corrected chi connectivity index (χ1v) is 10.6. The quantitative estimate of drug-likeness (QED) is 0.665. The Labute approximate surface area is 157 Å². The minimum atomic E-state index is -0.119. The number of thiophene rings is 1. The second-order valence-electron chi connectivity index (χ2n) is 5.87. The van der Waals surface area contributed by atoms with Crippen molar-refractivity contribution in [2.75, 3.05) is 11.1 Å². The lowest BCUT2D eigenvalue weighted by Crippen LogP contribution is -2.15. The average Bonchev–Trinajstić information content (AvgIpc) is 3.14. The minimum absolute atomic E-state index is 0.110. The number of anilines is 1. The van der Waals surface area contributed by atoms with Gasteiger partial charge in [0.25, 0.3) is 5.56 Å². The molecule has 0 spiro atoms. The predicted molar refractivity (Wildman–Crippen MR) is 106 cm³/mol. The maximum atomic E-state index is 12.2. The van der Waals surface area contributed by atoms with Crippen LogP contribution in [0.1, 0.15) is 36.2 Å². The number of nitrogens with one attached hydrogen (secondary N) is 2. The number of thioether (sulfide) groups is 1. The zero-order chi connectivity index (χ0) is 18.0. The van der Waals surface area contributed by atoms with Crippen LogP contribution in [-0.4, -0.2) is 26.6 Å². The van der Waals surface area contributed by atoms with E-state index < -0.39 is 0 Å². The van der Waals surface area contributed by atoms with Crippen LogP contribution in [-0.2, 0) is 10.5 Å². The summed E-state index contributed by atoms with van der Waals surface area (Å²) in [5.41, 5.74) is 0.770. The first-order chi connectivity index (χ1) is 11.9. The number of H-pyrrole nitrogens is 1. The van der Waals surface area contributed by atoms with Crippen molar-refractivity contribution in [1.29, 1.82) is 0 Å². The number of aromatic nitrogens is 3. The molecular formula is C16H18N4O2S3. The number of thiazole rings is 1. The van der Waals surface area contributed by atoms with E-state index in [0.717, 1.165) is 15.4 Å². The van der Waals surface area contributed by atoms with Crippen LogP contribution in [0.3, 0.4) is 0 Å². The molecular weight excluding hydrogens is 376 g/mol. The maximum Gasteiger partial charge on any atom is 0.259 e. The number of fused-ring (bicyclic) bond motifs is 1. The van der Waals surface area contributed by atoms with Crippen LogP contribution in [0.15, 0.2) is 16.2 Å². The van der Waals surface area contributed by atoms with E-state index in [-0.39, 0.29) is 17.2 Å². The SMILES string of the molecule is Cc1csc(NC(=O)CSCc2nc3sc(C(C)C)cc3c(=O)[nH]2)n1. The molecule has 0 saturated heterocycles. The van der Waals surface area contributed by atoms with Crippen LogP contribution in [0.4, 0.5) is 5.13 Å². The van der Waals surface area contributed by atoms with E-state index in [2.05, 4.69) is 34.1 Å². The van der Waals surface area contributed by atoms with Gasteiger partial charge < -0.3 is 10.3 Å². The number of hydrogen-bond donors (Lipinski definition) is 2. The molecule has 0 fully saturated rings. The molecule has 0 unspecified atom stereocenters. The molecule has 2 N–H and O–H groups in total. The molecule has 0 aromatic carbocycles. The number of rotatable bonds is 6. The van der Waals surface area contributed by atoms with Crippen LogP contribution >= 0.6 is 34.4 Å². The van der Waals surface area contributed by atoms with E-state index in [1.165, 1.54) is 23.1 Å². The predicted octanol–water partition coefficient (Wildman–Crippen LogP) is 3.74. The molecule has 3 rings (SSSR count). The molecule has 132 valence electrons. The van der Waals surface area contributed by atoms with Gasteiger partial charge in [0.15, 0.2) is 5.13 Å². The van der Waals surface area contributed by atoms with Gasteiger partial charge in [-0.05, 0) is 18.9 Å². The molecule has 0 bridgehead atoms. The Hall–Kier alpha value is -1.71. The summed E-state index contributed by atoms with van der Waals surface area (Å²) in [4.78, 5) is 37.5. The maximum absolute atomic E-state index is 12.2. The molecule has 3 heterocycles. The van der Waals surface area contributed by atoms with Crippen molar-refractivity contribution in [1.82, 2.24) is 15.0 Å². The summed E-state index contributed by atoms with van der Waals surface area (Å²) in [6.07, 6.45) is 0. The van der Waals surface area contributed by atoms with Crippen LogP contribution < -0.4 is 10.9 Å². The number of nitrogens with zero attached hydrogens (tertiary/aromatic N) is 2. The largest absolute Gasteiger partial charge is 0.309 e. The Balaban J connectivity index is 1.61. The highest BCUT2D eigenvalue weighted by atomic mass is 32.2. The zero-order valence-electron chi connectivity index (χ0n) is 14.1. The summed E-state index contributed by atoms with van der Waals surface area (Å²) in [6.45, 7) is 6.07. The molecule has 1 amide bonds. The van der Waals surface area contributed by atoms with Gasteiger partial charge in [0.2, 0.25) is 5.91 Å². The molecule has 6 nitrogen and oxygen atoms in total. The Morgan fingerprint density at radius 2 is 2.20 bits per heavy atom. The summed E-state index contributed by atoms with van der Waals surface area (Å²) < 4.78 is 0. The number of amides is 1. The highest BCUT2D eigenvalue weighted by molar-refractivity contribution is 7.99. The third-order valence-electron chi connectivity index (χ3n) is 3.38. The van der Waals surface area contributed by atoms with E-state index in [1.807, 2.05) is 18.4 Å². The van der Waals surface area contributed by atoms with Crippen LogP contribution in [0.5, 0.6) is 0 Å². The second-order valence-corrected chi connectivity index (χ2v) is 8.78. The van der Waals surface area contributed by atoms with Gasteiger partial charge >= 0.3 is 0 Å². The van der Waals surface area contributed by atoms with Gasteiger partial charge in [0.05, 0.1) is 22.6 Å². The fraction of sp³-hybridized carbons (Fsp3) is 0.375. The minimum Gasteiger partial charge on any atom is -0.309 e. The Morgan fingerprint density at radius 1 is 1.40 bits per heavy atom. The second kappa shape index (κ2) is 7.67. The summed E-state index contributed by atoms with van der Waals surface area (Å²) in [6, 6.07) is 1.91. The standard InChI is InChI=1S/C16H18N4O2S3/c1-8(2)11-4-10-14(22)18-12(19-15(10)25-11)6-23-7-13(21)20-16-17-9(3)5-24-16/h4-5,8H,6-7H2,1-3H3,(H,17,20,21)(H,18,19,22). The van der Waals surface area contributed by atoms with Crippen molar-refractivity contribution in [3.05, 3.63) is 38.2 Å². The van der Waals surface area contributed by atoms with E-state index in [0.29, 0.717) is 28.0 Å². The molecule has 0 radical (unpaired) electrons. The van der Waals surface area contributed by atoms with Gasteiger partial charge in [-0.2, -0.15) is 0 Å². The number of aryl methyl sites for hydroxylation is 1. The fourth-order valence-corrected chi connectivity index (χ4v) is 4.60. The third-order valence-corrected chi connectivity index (χ3v) is 6.53. The van der Waals surface area contributed by atoms with Crippen LogP contribution in [0.25, 0.3) is 10.2 Å². The van der Waals surface area contributed by atoms with Crippen molar-refractivity contribution in [3.8, 4) is 0 Å². The van der Waals surface area contributed by atoms with Crippen molar-refractivity contribution in [2.24, 2.45) is 0 Å². The Kier molecular flexibility index (Phi) is 5.55. The first kappa shape index (κ1) is 18.1. The molecule has 0 aliphatic heterocycles. The topological polar surface area (TPSA) is 87.7 Å². The molecule has 0 saturated carbocycles. The highest BCUT2D eigenvalue weighted by Crippen LogP contribution is 2.27. The number of aromatic amines is 1. The summed E-state index contributed by atoms with van der Waals surface area (Å²) in [5.74, 6) is 1.61. The molecule has 3 aromatic heterocycles. The smallest absolute Gasteiger partial charge is 0.259 e. The van der Waals surface area contributed by atoms with Crippen LogP contribution in [0.2, 0.25) is 0 Å². The van der Waals surface area contributed by atoms with E-state index in [1.54, 1.807) is 11.3 Å². The molecule has 0 aliphatic carbocycles. The number of hydrogen-bond acceptors (Lipinski definition) is 7. The zero-order valence-corrected chi connectivity index (χ0v) is 16.5. The normalized spacial score (nSPS) is 11.4. The summed E-state index contributed by atoms with van der Waals surface area (Å²) in [5, 5.41) is 5.90. The van der Waals surface area contributed by atoms with Gasteiger partial charge in [0.1, 0.15) is 10.7 Å². The van der Waals surface area contributed by atoms with Crippen molar-refractivity contribution in [2.45, 2.75) is 32.4 Å². The molecule has 0 atom stereocenters. The molecule has 9 heteroatoms. The highest BCUT2D eigenvalue weighted by Gasteiger charge is 2.12. The summed E-state index contributed by atoms with van der Waals surface area (Å²) in [7, 11) is 0. The van der Waals surface area contributed by atoms with Crippen molar-refractivity contribution >= 4 is 55.7 Å². The van der Waals surface area contributed by atoms with E-state index in [9.17, 15) is 9.59 Å². The molecule has 25 heavy (non-hydrogen) atoms. The van der Waals surface area contributed by atoms with E-state index in [4.69, 9.17) is 0 Å². The lowest BCUT2D eigenvalue weighted by atomic mass is 10.2. The average molecular weight is 395 g/mol. The molecule has 0 aliphatic rings. The molecule has 3 aromatic rings. The van der Waals surface area contributed by atoms with Crippen molar-refractivity contribution < 1.29 is 4.79 Å². The monoisotopic (exact) mass is 394 g/mol.